The van der Waals surface area contributed by atoms with Crippen LogP contribution in [0.1, 0.15) is 27.7 Å². The molecule has 2 fully saturated rings. The monoisotopic (exact) mass is 584 g/mol. The number of hydrogen-bond acceptors (Lipinski definition) is 4. The van der Waals surface area contributed by atoms with Gasteiger partial charge in [0.15, 0.2) is 11.6 Å². The highest BCUT2D eigenvalue weighted by Crippen LogP contribution is 2.47. The van der Waals surface area contributed by atoms with E-state index in [1.54, 1.807) is 0 Å². The maximum absolute atomic E-state index is 6.16. The summed E-state index contributed by atoms with van der Waals surface area (Å²) in [7, 11) is 0. The van der Waals surface area contributed by atoms with Gasteiger partial charge in [-0.05, 0) is 27.7 Å². The van der Waals surface area contributed by atoms with Crippen LogP contribution in [0.5, 0.6) is 0 Å². The lowest BCUT2D eigenvalue weighted by Gasteiger charge is -2.54. The van der Waals surface area contributed by atoms with Crippen molar-refractivity contribution in [2.75, 3.05) is 37.1 Å². The van der Waals surface area contributed by atoms with Crippen LogP contribution in [0.15, 0.2) is 0 Å². The lowest BCUT2D eigenvalue weighted by atomic mass is 9.87. The molecular weight excluding hydrogens is 564 g/mol. The van der Waals surface area contributed by atoms with Crippen molar-refractivity contribution in [3.05, 3.63) is 0 Å². The number of alkyl halides is 4. The zero-order chi connectivity index (χ0) is 17.6. The Labute approximate surface area is 172 Å². The standard InChI is InChI=1S/C15H24Br4O4/c1-11(2,18)14(5-16)20-7-13(8-21-14)9-22-15(6-17,23-10-13)12(3,4)19/h5-10H2,1-4H3. The molecule has 0 radical (unpaired) electrons. The molecule has 2 aliphatic heterocycles. The number of halogens is 4. The van der Waals surface area contributed by atoms with Gasteiger partial charge < -0.3 is 18.9 Å². The summed E-state index contributed by atoms with van der Waals surface area (Å²) in [4.78, 5) is 0. The molecule has 2 saturated heterocycles. The van der Waals surface area contributed by atoms with Crippen LogP contribution in [-0.2, 0) is 18.9 Å². The predicted molar refractivity (Wildman–Crippen MR) is 105 cm³/mol. The molecule has 0 aliphatic carbocycles. The Bertz CT molecular complexity index is 371. The molecule has 2 rings (SSSR count). The average molecular weight is 588 g/mol. The third kappa shape index (κ3) is 3.89. The minimum Gasteiger partial charge on any atom is -0.347 e. The Morgan fingerprint density at radius 3 is 1.13 bits per heavy atom. The van der Waals surface area contributed by atoms with Crippen molar-refractivity contribution in [3.8, 4) is 0 Å². The molecule has 4 nitrogen and oxygen atoms in total. The predicted octanol–water partition coefficient (Wildman–Crippen LogP) is 4.60. The summed E-state index contributed by atoms with van der Waals surface area (Å²) < 4.78 is 24.0. The van der Waals surface area contributed by atoms with Gasteiger partial charge in [0.2, 0.25) is 0 Å². The maximum atomic E-state index is 6.16. The molecule has 0 unspecified atom stereocenters. The van der Waals surface area contributed by atoms with Gasteiger partial charge in [-0.2, -0.15) is 0 Å². The Morgan fingerprint density at radius 1 is 0.696 bits per heavy atom. The molecule has 0 N–H and O–H groups in total. The van der Waals surface area contributed by atoms with E-state index in [0.717, 1.165) is 0 Å². The second-order valence-electron chi connectivity index (χ2n) is 7.37. The molecule has 8 heteroatoms. The number of hydrogen-bond donors (Lipinski definition) is 0. The van der Waals surface area contributed by atoms with E-state index < -0.39 is 11.6 Å². The summed E-state index contributed by atoms with van der Waals surface area (Å²) in [6.45, 7) is 10.3. The van der Waals surface area contributed by atoms with Crippen molar-refractivity contribution in [1.82, 2.24) is 0 Å². The third-order valence-electron chi connectivity index (χ3n) is 4.61. The molecule has 2 aliphatic rings. The van der Waals surface area contributed by atoms with Crippen molar-refractivity contribution < 1.29 is 18.9 Å². The molecular formula is C15H24Br4O4. The summed E-state index contributed by atoms with van der Waals surface area (Å²) in [6, 6.07) is 0. The van der Waals surface area contributed by atoms with E-state index in [2.05, 4.69) is 63.7 Å². The van der Waals surface area contributed by atoms with Gasteiger partial charge in [-0.25, -0.2) is 0 Å². The Kier molecular flexibility index (Phi) is 6.46. The normalized spacial score (nSPS) is 39.7. The van der Waals surface area contributed by atoms with Gasteiger partial charge in [0.1, 0.15) is 0 Å². The summed E-state index contributed by atoms with van der Waals surface area (Å²) >= 11 is 14.4. The van der Waals surface area contributed by atoms with Crippen LogP contribution < -0.4 is 0 Å². The molecule has 1 spiro atoms. The van der Waals surface area contributed by atoms with E-state index in [0.29, 0.717) is 37.1 Å². The summed E-state index contributed by atoms with van der Waals surface area (Å²) in [5.74, 6) is -1.40. The van der Waals surface area contributed by atoms with Crippen molar-refractivity contribution in [1.29, 1.82) is 0 Å². The van der Waals surface area contributed by atoms with Gasteiger partial charge in [-0.15, -0.1) is 0 Å². The summed E-state index contributed by atoms with van der Waals surface area (Å²) in [5, 5.41) is 1.19. The van der Waals surface area contributed by atoms with E-state index in [4.69, 9.17) is 18.9 Å². The first-order valence-electron chi connectivity index (χ1n) is 7.51. The van der Waals surface area contributed by atoms with Crippen molar-refractivity contribution in [2.24, 2.45) is 5.41 Å². The zero-order valence-electron chi connectivity index (χ0n) is 13.9. The number of rotatable bonds is 4. The van der Waals surface area contributed by atoms with Crippen LogP contribution in [0.25, 0.3) is 0 Å². The average Bonchev–Trinajstić information content (AvgIpc) is 2.47. The van der Waals surface area contributed by atoms with Crippen LogP contribution in [-0.4, -0.2) is 57.3 Å². The van der Waals surface area contributed by atoms with Crippen molar-refractivity contribution in [3.63, 3.8) is 0 Å². The second kappa shape index (κ2) is 7.06. The molecule has 0 amide bonds. The van der Waals surface area contributed by atoms with Crippen LogP contribution >= 0.6 is 63.7 Å². The molecule has 136 valence electrons. The lowest BCUT2D eigenvalue weighted by molar-refractivity contribution is -0.364. The first-order valence-corrected chi connectivity index (χ1v) is 11.3. The molecule has 2 heterocycles. The fraction of sp³-hybridized carbons (Fsp3) is 1.00. The SMILES string of the molecule is CC(C)(Br)C1(CBr)OCC2(CO1)COC(CBr)(C(C)(C)Br)OC2. The van der Waals surface area contributed by atoms with Gasteiger partial charge >= 0.3 is 0 Å². The highest BCUT2D eigenvalue weighted by molar-refractivity contribution is 9.10. The zero-order valence-corrected chi connectivity index (χ0v) is 20.2. The molecule has 0 aromatic heterocycles. The quantitative estimate of drug-likeness (QED) is 0.451. The largest absolute Gasteiger partial charge is 0.347 e. The highest BCUT2D eigenvalue weighted by Gasteiger charge is 2.57. The van der Waals surface area contributed by atoms with Gasteiger partial charge in [-0.3, -0.25) is 0 Å². The summed E-state index contributed by atoms with van der Waals surface area (Å²) in [6.07, 6.45) is 0. The van der Waals surface area contributed by atoms with Gasteiger partial charge in [-0.1, -0.05) is 63.7 Å². The second-order valence-corrected chi connectivity index (χ2v) is 12.5. The smallest absolute Gasteiger partial charge is 0.192 e. The molecule has 0 aromatic carbocycles. The van der Waals surface area contributed by atoms with E-state index in [-0.39, 0.29) is 14.1 Å². The van der Waals surface area contributed by atoms with Crippen LogP contribution in [0.2, 0.25) is 0 Å². The third-order valence-corrected chi connectivity index (χ3v) is 7.29. The van der Waals surface area contributed by atoms with E-state index in [9.17, 15) is 0 Å². The van der Waals surface area contributed by atoms with Crippen molar-refractivity contribution in [2.45, 2.75) is 47.9 Å². The van der Waals surface area contributed by atoms with E-state index in [1.807, 2.05) is 27.7 Å². The Balaban J connectivity index is 2.07. The lowest BCUT2D eigenvalue weighted by Crippen LogP contribution is -2.66. The van der Waals surface area contributed by atoms with Gasteiger partial charge in [0, 0.05) is 0 Å². The van der Waals surface area contributed by atoms with E-state index >= 15 is 0 Å². The number of ether oxygens (including phenoxy) is 4. The minimum absolute atomic E-state index is 0.270. The highest BCUT2D eigenvalue weighted by atomic mass is 79.9. The fourth-order valence-electron chi connectivity index (χ4n) is 2.57. The van der Waals surface area contributed by atoms with E-state index in [1.165, 1.54) is 0 Å². The maximum Gasteiger partial charge on any atom is 0.192 e. The topological polar surface area (TPSA) is 36.9 Å². The minimum atomic E-state index is -0.698. The molecule has 23 heavy (non-hydrogen) atoms. The first kappa shape index (κ1) is 21.1. The van der Waals surface area contributed by atoms with Crippen LogP contribution in [0, 0.1) is 5.41 Å². The van der Waals surface area contributed by atoms with Crippen molar-refractivity contribution >= 4 is 63.7 Å². The molecule has 0 saturated carbocycles. The summed E-state index contributed by atoms with van der Waals surface area (Å²) in [5.41, 5.74) is -0.270. The van der Waals surface area contributed by atoms with Gasteiger partial charge in [0.25, 0.3) is 0 Å². The van der Waals surface area contributed by atoms with Crippen LogP contribution in [0.3, 0.4) is 0 Å². The Hall–Kier alpha value is 1.76. The molecule has 0 aromatic rings. The molecule has 0 atom stereocenters. The van der Waals surface area contributed by atoms with Gasteiger partial charge in [0.05, 0.1) is 51.2 Å². The fourth-order valence-corrected chi connectivity index (χ4v) is 6.11. The first-order chi connectivity index (χ1) is 10.4. The van der Waals surface area contributed by atoms with Crippen LogP contribution in [0.4, 0.5) is 0 Å². The molecule has 0 bridgehead atoms. The Morgan fingerprint density at radius 2 is 0.957 bits per heavy atom.